The number of Topliss-reactive ketones (excluding diaryl/α,β-unsaturated/α-hetero) is 1. The van der Waals surface area contributed by atoms with Crippen molar-refractivity contribution in [2.24, 2.45) is 0 Å². The summed E-state index contributed by atoms with van der Waals surface area (Å²) in [7, 11) is 1.22. The van der Waals surface area contributed by atoms with Gasteiger partial charge in [0.15, 0.2) is 0 Å². The highest BCUT2D eigenvalue weighted by Crippen LogP contribution is 2.42. The van der Waals surface area contributed by atoms with Gasteiger partial charge in [-0.3, -0.25) is 14.5 Å². The molecule has 0 aromatic heterocycles. The summed E-state index contributed by atoms with van der Waals surface area (Å²) in [5.74, 6) is -3.06. The number of anilines is 1. The highest BCUT2D eigenvalue weighted by atomic mass is 19.4. The van der Waals surface area contributed by atoms with E-state index >= 15 is 0 Å². The zero-order valence-corrected chi connectivity index (χ0v) is 18.2. The maximum atomic E-state index is 13.1. The number of ether oxygens (including phenoxy) is 1. The molecule has 1 aliphatic heterocycles. The normalized spacial score (nSPS) is 17.5. The molecule has 1 aliphatic rings. The zero-order chi connectivity index (χ0) is 25.3. The SMILES string of the molecule is COC(=O)c1ccc(C(O)=C2C(=O)C(=O)N(c3ccc(C(F)(F)F)cc3)C2c2ccccc2)cc1. The molecule has 1 heterocycles. The van der Waals surface area contributed by atoms with Crippen molar-refractivity contribution in [3.63, 3.8) is 0 Å². The van der Waals surface area contributed by atoms with Gasteiger partial charge in [0.25, 0.3) is 11.7 Å². The average Bonchev–Trinajstić information content (AvgIpc) is 3.13. The zero-order valence-electron chi connectivity index (χ0n) is 18.2. The number of hydrogen-bond donors (Lipinski definition) is 1. The monoisotopic (exact) mass is 481 g/mol. The number of halogens is 3. The molecule has 1 saturated heterocycles. The minimum absolute atomic E-state index is 0.0639. The van der Waals surface area contributed by atoms with E-state index in [0.29, 0.717) is 5.56 Å². The van der Waals surface area contributed by atoms with Crippen LogP contribution in [-0.4, -0.2) is 29.9 Å². The number of amides is 1. The van der Waals surface area contributed by atoms with E-state index in [-0.39, 0.29) is 22.4 Å². The number of esters is 1. The lowest BCUT2D eigenvalue weighted by Crippen LogP contribution is -2.29. The van der Waals surface area contributed by atoms with Crippen molar-refractivity contribution in [2.45, 2.75) is 12.2 Å². The second-order valence-electron chi connectivity index (χ2n) is 7.69. The summed E-state index contributed by atoms with van der Waals surface area (Å²) in [6, 6.07) is 16.7. The highest BCUT2D eigenvalue weighted by molar-refractivity contribution is 6.51. The molecule has 1 N–H and O–H groups in total. The quantitative estimate of drug-likeness (QED) is 0.242. The van der Waals surface area contributed by atoms with Crippen LogP contribution in [0.15, 0.2) is 84.4 Å². The molecule has 4 rings (SSSR count). The Morgan fingerprint density at radius 1 is 0.886 bits per heavy atom. The molecule has 1 atom stereocenters. The van der Waals surface area contributed by atoms with Gasteiger partial charge in [-0.05, 0) is 42.0 Å². The first-order valence-electron chi connectivity index (χ1n) is 10.4. The topological polar surface area (TPSA) is 83.9 Å². The molecular weight excluding hydrogens is 463 g/mol. The Morgan fingerprint density at radius 2 is 1.46 bits per heavy atom. The maximum absolute atomic E-state index is 13.1. The maximum Gasteiger partial charge on any atom is 0.416 e. The van der Waals surface area contributed by atoms with Crippen molar-refractivity contribution in [1.29, 1.82) is 0 Å². The Bertz CT molecular complexity index is 1310. The van der Waals surface area contributed by atoms with Gasteiger partial charge in [0, 0.05) is 11.3 Å². The fourth-order valence-electron chi connectivity index (χ4n) is 3.90. The van der Waals surface area contributed by atoms with Gasteiger partial charge in [-0.25, -0.2) is 4.79 Å². The smallest absolute Gasteiger partial charge is 0.416 e. The number of ketones is 1. The summed E-state index contributed by atoms with van der Waals surface area (Å²) in [5, 5.41) is 11.1. The van der Waals surface area contributed by atoms with Crippen molar-refractivity contribution in [3.05, 3.63) is 107 Å². The van der Waals surface area contributed by atoms with Crippen molar-refractivity contribution < 1.29 is 37.4 Å². The van der Waals surface area contributed by atoms with Crippen LogP contribution in [0.25, 0.3) is 5.76 Å². The molecule has 1 fully saturated rings. The van der Waals surface area contributed by atoms with Crippen molar-refractivity contribution in [3.8, 4) is 0 Å². The average molecular weight is 481 g/mol. The lowest BCUT2D eigenvalue weighted by atomic mass is 9.95. The lowest BCUT2D eigenvalue weighted by Gasteiger charge is -2.25. The fraction of sp³-hybridized carbons (Fsp3) is 0.115. The summed E-state index contributed by atoms with van der Waals surface area (Å²) in [6.07, 6.45) is -4.57. The number of hydrogen-bond acceptors (Lipinski definition) is 5. The number of aliphatic hydroxyl groups is 1. The van der Waals surface area contributed by atoms with Gasteiger partial charge >= 0.3 is 12.1 Å². The first kappa shape index (κ1) is 23.7. The predicted molar refractivity (Wildman–Crippen MR) is 120 cm³/mol. The van der Waals surface area contributed by atoms with Gasteiger partial charge < -0.3 is 9.84 Å². The Balaban J connectivity index is 1.85. The van der Waals surface area contributed by atoms with Crippen LogP contribution >= 0.6 is 0 Å². The van der Waals surface area contributed by atoms with E-state index in [1.807, 2.05) is 0 Å². The van der Waals surface area contributed by atoms with Crippen molar-refractivity contribution in [1.82, 2.24) is 0 Å². The molecule has 35 heavy (non-hydrogen) atoms. The first-order valence-corrected chi connectivity index (χ1v) is 10.4. The number of alkyl halides is 3. The molecule has 6 nitrogen and oxygen atoms in total. The van der Waals surface area contributed by atoms with Crippen LogP contribution in [0.2, 0.25) is 0 Å². The molecule has 3 aromatic rings. The van der Waals surface area contributed by atoms with Crippen LogP contribution in [0.4, 0.5) is 18.9 Å². The molecule has 0 aliphatic carbocycles. The van der Waals surface area contributed by atoms with E-state index in [0.717, 1.165) is 29.2 Å². The number of rotatable bonds is 4. The predicted octanol–water partition coefficient (Wildman–Crippen LogP) is 5.12. The summed E-state index contributed by atoms with van der Waals surface area (Å²) in [5.41, 5.74) is -0.210. The van der Waals surface area contributed by atoms with Crippen LogP contribution in [0, 0.1) is 0 Å². The molecule has 1 amide bonds. The van der Waals surface area contributed by atoms with Crippen LogP contribution < -0.4 is 4.90 Å². The molecule has 0 radical (unpaired) electrons. The Kier molecular flexibility index (Phi) is 6.17. The van der Waals surface area contributed by atoms with Crippen molar-refractivity contribution >= 4 is 29.1 Å². The lowest BCUT2D eigenvalue weighted by molar-refractivity contribution is -0.137. The van der Waals surface area contributed by atoms with Gasteiger partial charge in [-0.2, -0.15) is 13.2 Å². The Labute approximate surface area is 197 Å². The van der Waals surface area contributed by atoms with E-state index in [9.17, 15) is 32.7 Å². The van der Waals surface area contributed by atoms with Gasteiger partial charge in [-0.1, -0.05) is 42.5 Å². The number of carbonyl (C=O) groups excluding carboxylic acids is 3. The molecule has 9 heteroatoms. The Hall–Kier alpha value is -4.40. The third kappa shape index (κ3) is 4.40. The third-order valence-corrected chi connectivity index (χ3v) is 5.61. The van der Waals surface area contributed by atoms with Gasteiger partial charge in [-0.15, -0.1) is 0 Å². The molecule has 178 valence electrons. The number of nitrogens with zero attached hydrogens (tertiary/aromatic N) is 1. The molecule has 1 unspecified atom stereocenters. The molecule has 0 bridgehead atoms. The summed E-state index contributed by atoms with van der Waals surface area (Å²) in [6.45, 7) is 0. The third-order valence-electron chi connectivity index (χ3n) is 5.61. The van der Waals surface area contributed by atoms with Gasteiger partial charge in [0.05, 0.1) is 29.9 Å². The van der Waals surface area contributed by atoms with Crippen LogP contribution in [0.3, 0.4) is 0 Å². The van der Waals surface area contributed by atoms with Gasteiger partial charge in [0.1, 0.15) is 5.76 Å². The van der Waals surface area contributed by atoms with Crippen LogP contribution in [0.5, 0.6) is 0 Å². The first-order chi connectivity index (χ1) is 16.6. The highest BCUT2D eigenvalue weighted by Gasteiger charge is 2.47. The van der Waals surface area contributed by atoms with E-state index in [2.05, 4.69) is 4.74 Å². The molecule has 0 spiro atoms. The van der Waals surface area contributed by atoms with Crippen LogP contribution in [-0.2, 0) is 20.5 Å². The molecular formula is C26H18F3NO5. The van der Waals surface area contributed by atoms with E-state index in [1.165, 1.54) is 31.4 Å². The summed E-state index contributed by atoms with van der Waals surface area (Å²) < 4.78 is 43.7. The minimum atomic E-state index is -4.57. The molecule has 0 saturated carbocycles. The van der Waals surface area contributed by atoms with Gasteiger partial charge in [0.2, 0.25) is 0 Å². The number of benzene rings is 3. The number of methoxy groups -OCH3 is 1. The largest absolute Gasteiger partial charge is 0.507 e. The summed E-state index contributed by atoms with van der Waals surface area (Å²) in [4.78, 5) is 38.9. The second-order valence-corrected chi connectivity index (χ2v) is 7.69. The second kappa shape index (κ2) is 9.09. The van der Waals surface area contributed by atoms with E-state index in [1.54, 1.807) is 30.3 Å². The standard InChI is InChI=1S/C26H18F3NO5/c1-35-25(34)17-9-7-16(8-10-17)22(31)20-21(15-5-3-2-4-6-15)30(24(33)23(20)32)19-13-11-18(12-14-19)26(27,28)29/h2-14,21,31H,1H3. The van der Waals surface area contributed by atoms with Crippen molar-refractivity contribution in [2.75, 3.05) is 12.0 Å². The van der Waals surface area contributed by atoms with E-state index < -0.39 is 41.2 Å². The fourth-order valence-corrected chi connectivity index (χ4v) is 3.90. The minimum Gasteiger partial charge on any atom is -0.507 e. The number of aliphatic hydroxyl groups excluding tert-OH is 1. The summed E-state index contributed by atoms with van der Waals surface area (Å²) >= 11 is 0. The van der Waals surface area contributed by atoms with Crippen LogP contribution in [0.1, 0.15) is 33.1 Å². The number of carbonyl (C=O) groups is 3. The van der Waals surface area contributed by atoms with E-state index in [4.69, 9.17) is 0 Å². The Morgan fingerprint density at radius 3 is 2.00 bits per heavy atom. The molecule has 3 aromatic carbocycles.